The summed E-state index contributed by atoms with van der Waals surface area (Å²) in [6.07, 6.45) is 4.63. The highest BCUT2D eigenvalue weighted by Gasteiger charge is 2.77. The second-order valence-corrected chi connectivity index (χ2v) is 11.7. The standard InChI is InChI=1S/C26H35ClN2O3/c1-16-5-7-21-19(23(30)31-26(21)20(16)8-9-25(3)24(26)32-25)15-28-10-12-29(13-11-28)22-14-18(27)6-4-17(22)2/h4,6,14,16,19-21,24H,5,7-13,15H2,1-3H3/t16-,19?,20+,21+,24-,25-,26-/m1/s1. The molecule has 6 heteroatoms. The Balaban J connectivity index is 1.17. The van der Waals surface area contributed by atoms with Crippen LogP contribution in [0.2, 0.25) is 5.02 Å². The molecule has 0 aromatic heterocycles. The third kappa shape index (κ3) is 3.07. The minimum Gasteiger partial charge on any atom is -0.455 e. The van der Waals surface area contributed by atoms with Gasteiger partial charge in [-0.2, -0.15) is 0 Å². The molecular formula is C26H35ClN2O3. The van der Waals surface area contributed by atoms with E-state index >= 15 is 0 Å². The third-order valence-electron chi connectivity index (χ3n) is 9.43. The fourth-order valence-electron chi connectivity index (χ4n) is 7.63. The Morgan fingerprint density at radius 3 is 2.69 bits per heavy atom. The highest BCUT2D eigenvalue weighted by Crippen LogP contribution is 2.66. The number of ether oxygens (including phenoxy) is 2. The van der Waals surface area contributed by atoms with Crippen LogP contribution in [0.15, 0.2) is 18.2 Å². The monoisotopic (exact) mass is 458 g/mol. The Hall–Kier alpha value is -1.30. The molecule has 32 heavy (non-hydrogen) atoms. The van der Waals surface area contributed by atoms with Crippen molar-refractivity contribution >= 4 is 23.3 Å². The predicted molar refractivity (Wildman–Crippen MR) is 125 cm³/mol. The molecule has 3 aliphatic heterocycles. The molecule has 0 radical (unpaired) electrons. The van der Waals surface area contributed by atoms with Crippen molar-refractivity contribution in [2.24, 2.45) is 23.7 Å². The summed E-state index contributed by atoms with van der Waals surface area (Å²) in [5.41, 5.74) is 2.05. The largest absolute Gasteiger partial charge is 0.455 e. The lowest BCUT2D eigenvalue weighted by molar-refractivity contribution is -0.168. The maximum atomic E-state index is 13.3. The summed E-state index contributed by atoms with van der Waals surface area (Å²) >= 11 is 6.25. The summed E-state index contributed by atoms with van der Waals surface area (Å²) < 4.78 is 12.7. The van der Waals surface area contributed by atoms with Crippen LogP contribution >= 0.6 is 11.6 Å². The van der Waals surface area contributed by atoms with Gasteiger partial charge in [0.2, 0.25) is 0 Å². The van der Waals surface area contributed by atoms with Crippen LogP contribution in [0.25, 0.3) is 0 Å². The smallest absolute Gasteiger partial charge is 0.311 e. The number of aryl methyl sites for hydroxylation is 1. The van der Waals surface area contributed by atoms with E-state index in [9.17, 15) is 4.79 Å². The molecule has 1 unspecified atom stereocenters. The normalized spacial score (nSPS) is 43.3. The number of piperazine rings is 1. The van der Waals surface area contributed by atoms with E-state index in [0.717, 1.165) is 57.0 Å². The molecule has 0 amide bonds. The van der Waals surface area contributed by atoms with Crippen LogP contribution in [0.5, 0.6) is 0 Å². The van der Waals surface area contributed by atoms with Crippen molar-refractivity contribution in [1.29, 1.82) is 0 Å². The average Bonchev–Trinajstić information content (AvgIpc) is 3.40. The van der Waals surface area contributed by atoms with Crippen LogP contribution in [0.3, 0.4) is 0 Å². The second-order valence-electron chi connectivity index (χ2n) is 11.2. The number of esters is 1. The van der Waals surface area contributed by atoms with E-state index in [1.54, 1.807) is 0 Å². The van der Waals surface area contributed by atoms with Crippen LogP contribution in [0.1, 0.15) is 45.1 Å². The molecule has 174 valence electrons. The quantitative estimate of drug-likeness (QED) is 0.499. The molecule has 5 fully saturated rings. The third-order valence-corrected chi connectivity index (χ3v) is 9.66. The number of hydrogen-bond donors (Lipinski definition) is 0. The molecular weight excluding hydrogens is 424 g/mol. The zero-order valence-electron chi connectivity index (χ0n) is 19.5. The van der Waals surface area contributed by atoms with E-state index in [1.807, 2.05) is 6.07 Å². The van der Waals surface area contributed by atoms with E-state index in [-0.39, 0.29) is 29.2 Å². The molecule has 6 rings (SSSR count). The first kappa shape index (κ1) is 21.2. The van der Waals surface area contributed by atoms with Gasteiger partial charge < -0.3 is 14.4 Å². The summed E-state index contributed by atoms with van der Waals surface area (Å²) in [5, 5.41) is 0.787. The van der Waals surface area contributed by atoms with Gasteiger partial charge in [0.25, 0.3) is 0 Å². The number of fused-ring (bicyclic) bond motifs is 1. The molecule has 5 nitrogen and oxygen atoms in total. The Kier molecular flexibility index (Phi) is 4.88. The van der Waals surface area contributed by atoms with Crippen molar-refractivity contribution < 1.29 is 14.3 Å². The number of benzene rings is 1. The number of anilines is 1. The lowest BCUT2D eigenvalue weighted by atomic mass is 9.55. The van der Waals surface area contributed by atoms with Crippen LogP contribution < -0.4 is 4.90 Å². The SMILES string of the molecule is Cc1ccc(Cl)cc1N1CCN(CC2C(=O)O[C@@]34[C@H]2CC[C@@H](C)[C@@H]3CC[C@@]2(C)O[C@@H]42)CC1. The Morgan fingerprint density at radius 1 is 1.12 bits per heavy atom. The van der Waals surface area contributed by atoms with Crippen molar-refractivity contribution in [3.63, 3.8) is 0 Å². The van der Waals surface area contributed by atoms with Crippen LogP contribution in [0.4, 0.5) is 5.69 Å². The van der Waals surface area contributed by atoms with E-state index in [4.69, 9.17) is 21.1 Å². The van der Waals surface area contributed by atoms with Crippen LogP contribution in [-0.2, 0) is 14.3 Å². The Morgan fingerprint density at radius 2 is 1.91 bits per heavy atom. The van der Waals surface area contributed by atoms with Crippen LogP contribution in [0, 0.1) is 30.6 Å². The topological polar surface area (TPSA) is 45.3 Å². The maximum Gasteiger partial charge on any atom is 0.311 e. The van der Waals surface area contributed by atoms with Crippen molar-refractivity contribution in [3.05, 3.63) is 28.8 Å². The molecule has 1 aromatic rings. The average molecular weight is 459 g/mol. The molecule has 1 spiro atoms. The number of epoxide rings is 1. The maximum absolute atomic E-state index is 13.3. The van der Waals surface area contributed by atoms with E-state index in [2.05, 4.69) is 42.7 Å². The molecule has 7 atom stereocenters. The molecule has 2 saturated carbocycles. The molecule has 2 aliphatic carbocycles. The van der Waals surface area contributed by atoms with Gasteiger partial charge in [0.05, 0.1) is 11.5 Å². The highest BCUT2D eigenvalue weighted by atomic mass is 35.5. The van der Waals surface area contributed by atoms with Crippen molar-refractivity contribution in [1.82, 2.24) is 4.90 Å². The number of halogens is 1. The number of rotatable bonds is 3. The molecule has 0 bridgehead atoms. The first-order chi connectivity index (χ1) is 15.3. The highest BCUT2D eigenvalue weighted by molar-refractivity contribution is 6.30. The lowest BCUT2D eigenvalue weighted by Crippen LogP contribution is -2.58. The van der Waals surface area contributed by atoms with Gasteiger partial charge in [0, 0.05) is 55.3 Å². The van der Waals surface area contributed by atoms with E-state index < -0.39 is 0 Å². The number of carbonyl (C=O) groups excluding carboxylic acids is 1. The van der Waals surface area contributed by atoms with Crippen molar-refractivity contribution in [3.8, 4) is 0 Å². The van der Waals surface area contributed by atoms with Gasteiger partial charge in [-0.05, 0) is 63.1 Å². The lowest BCUT2D eigenvalue weighted by Gasteiger charge is -2.50. The van der Waals surface area contributed by atoms with E-state index in [0.29, 0.717) is 17.8 Å². The fraction of sp³-hybridized carbons (Fsp3) is 0.731. The molecule has 3 saturated heterocycles. The second kappa shape index (κ2) is 7.35. The van der Waals surface area contributed by atoms with Gasteiger partial charge in [0.15, 0.2) is 0 Å². The zero-order valence-corrected chi connectivity index (χ0v) is 20.2. The van der Waals surface area contributed by atoms with Crippen molar-refractivity contribution in [2.45, 2.75) is 63.8 Å². The van der Waals surface area contributed by atoms with E-state index in [1.165, 1.54) is 17.7 Å². The number of hydrogen-bond acceptors (Lipinski definition) is 5. The van der Waals surface area contributed by atoms with Gasteiger partial charge in [-0.15, -0.1) is 0 Å². The van der Waals surface area contributed by atoms with Gasteiger partial charge in [-0.3, -0.25) is 9.69 Å². The fourth-order valence-corrected chi connectivity index (χ4v) is 7.80. The summed E-state index contributed by atoms with van der Waals surface area (Å²) in [5.74, 6) is 1.38. The molecule has 5 aliphatic rings. The Labute approximate surface area is 196 Å². The minimum absolute atomic E-state index is 0.0176. The zero-order chi connectivity index (χ0) is 22.3. The number of nitrogens with zero attached hydrogens (tertiary/aromatic N) is 2. The van der Waals surface area contributed by atoms with Crippen LogP contribution in [-0.4, -0.2) is 60.9 Å². The van der Waals surface area contributed by atoms with Gasteiger partial charge in [-0.25, -0.2) is 0 Å². The summed E-state index contributed by atoms with van der Waals surface area (Å²) in [6, 6.07) is 6.12. The van der Waals surface area contributed by atoms with Gasteiger partial charge >= 0.3 is 5.97 Å². The molecule has 0 N–H and O–H groups in total. The number of carbonyl (C=O) groups is 1. The Bertz CT molecular complexity index is 932. The predicted octanol–water partition coefficient (Wildman–Crippen LogP) is 4.30. The summed E-state index contributed by atoms with van der Waals surface area (Å²) in [6.45, 7) is 11.4. The van der Waals surface area contributed by atoms with Gasteiger partial charge in [-0.1, -0.05) is 24.6 Å². The first-order valence-electron chi connectivity index (χ1n) is 12.5. The van der Waals surface area contributed by atoms with Crippen molar-refractivity contribution in [2.75, 3.05) is 37.6 Å². The van der Waals surface area contributed by atoms with Gasteiger partial charge in [0.1, 0.15) is 11.7 Å². The minimum atomic E-state index is -0.369. The molecule has 3 heterocycles. The first-order valence-corrected chi connectivity index (χ1v) is 12.8. The summed E-state index contributed by atoms with van der Waals surface area (Å²) in [4.78, 5) is 18.2. The molecule has 1 aromatic carbocycles. The summed E-state index contributed by atoms with van der Waals surface area (Å²) in [7, 11) is 0.